The molecule has 8 heavy (non-hydrogen) atoms. The zero-order chi connectivity index (χ0) is 6.78. The van der Waals surface area contributed by atoms with Gasteiger partial charge in [-0.15, -0.1) is 0 Å². The molecule has 1 radical (unpaired) electrons. The largest absolute Gasteiger partial charge is 0.322 e. The number of hydrogen-bond acceptors (Lipinski definition) is 3. The third kappa shape index (κ3) is 2.06. The molecule has 0 bridgehead atoms. The molecule has 0 atom stereocenters. The summed E-state index contributed by atoms with van der Waals surface area (Å²) in [6.07, 6.45) is 0. The van der Waals surface area contributed by atoms with E-state index in [0.717, 1.165) is 6.54 Å². The van der Waals surface area contributed by atoms with Crippen LogP contribution in [0.4, 0.5) is 0 Å². The monoisotopic (exact) mass is 135 g/mol. The lowest BCUT2D eigenvalue weighted by molar-refractivity contribution is 0.604. The zero-order valence-corrected chi connectivity index (χ0v) is 4.98. The Morgan fingerprint density at radius 3 is 2.00 bits per heavy atom. The molecule has 0 unspecified atom stereocenters. The van der Waals surface area contributed by atoms with E-state index >= 15 is 0 Å². The molecule has 0 aliphatic carbocycles. The van der Waals surface area contributed by atoms with Gasteiger partial charge in [-0.2, -0.15) is 0 Å². The van der Waals surface area contributed by atoms with Gasteiger partial charge in [0.05, 0.1) is 11.4 Å². The van der Waals surface area contributed by atoms with Crippen LogP contribution in [-0.4, -0.2) is 8.42 Å². The minimum absolute atomic E-state index is 0.266. The van der Waals surface area contributed by atoms with Crippen molar-refractivity contribution >= 4 is 10.0 Å². The summed E-state index contributed by atoms with van der Waals surface area (Å²) in [6, 6.07) is 0. The van der Waals surface area contributed by atoms with Crippen LogP contribution in [0, 0.1) is 6.54 Å². The molecule has 0 saturated carbocycles. The molecule has 4 N–H and O–H groups in total. The maximum absolute atomic E-state index is 10.1. The van der Waals surface area contributed by atoms with Gasteiger partial charge in [0.1, 0.15) is 0 Å². The lowest BCUT2D eigenvalue weighted by Crippen LogP contribution is -2.16. The van der Waals surface area contributed by atoms with E-state index in [1.807, 2.05) is 0 Å². The molecule has 5 heteroatoms. The molecule has 4 nitrogen and oxygen atoms in total. The summed E-state index contributed by atoms with van der Waals surface area (Å²) in [5, 5.41) is 4.55. The smallest absolute Gasteiger partial charge is 0.235 e. The molecule has 0 rings (SSSR count). The third-order valence-electron chi connectivity index (χ3n) is 0.551. The second kappa shape index (κ2) is 2.25. The zero-order valence-electron chi connectivity index (χ0n) is 4.16. The first kappa shape index (κ1) is 7.61. The average Bonchev–Trinajstić information content (AvgIpc) is 1.62. The SMILES string of the molecule is C=C([CH]N)S(N)(=O)=O. The average molecular weight is 135 g/mol. The van der Waals surface area contributed by atoms with Gasteiger partial charge >= 0.3 is 0 Å². The van der Waals surface area contributed by atoms with Gasteiger partial charge in [-0.3, -0.25) is 0 Å². The minimum Gasteiger partial charge on any atom is -0.322 e. The number of nitrogens with two attached hydrogens (primary N) is 2. The predicted molar refractivity (Wildman–Crippen MR) is 30.7 cm³/mol. The second-order valence-corrected chi connectivity index (χ2v) is 2.79. The van der Waals surface area contributed by atoms with Crippen LogP contribution in [0.1, 0.15) is 0 Å². The molecule has 0 aliphatic heterocycles. The molecule has 0 fully saturated rings. The fourth-order valence-corrected chi connectivity index (χ4v) is 0.285. The quantitative estimate of drug-likeness (QED) is 0.504. The first-order valence-corrected chi connectivity index (χ1v) is 3.30. The lowest BCUT2D eigenvalue weighted by Gasteiger charge is -1.93. The molecule has 0 amide bonds. The summed E-state index contributed by atoms with van der Waals surface area (Å²) in [5.74, 6) is 0. The summed E-state index contributed by atoms with van der Waals surface area (Å²) in [4.78, 5) is -0.266. The van der Waals surface area contributed by atoms with Gasteiger partial charge < -0.3 is 5.73 Å². The Morgan fingerprint density at radius 2 is 2.00 bits per heavy atom. The highest BCUT2D eigenvalue weighted by Gasteiger charge is 2.04. The van der Waals surface area contributed by atoms with Crippen molar-refractivity contribution in [2.75, 3.05) is 0 Å². The highest BCUT2D eigenvalue weighted by Crippen LogP contribution is 1.95. The topological polar surface area (TPSA) is 86.2 Å². The van der Waals surface area contributed by atoms with Crippen LogP contribution >= 0.6 is 0 Å². The first-order valence-electron chi connectivity index (χ1n) is 1.75. The van der Waals surface area contributed by atoms with E-state index in [9.17, 15) is 8.42 Å². The Kier molecular flexibility index (Phi) is 2.14. The van der Waals surface area contributed by atoms with Crippen LogP contribution in [0.15, 0.2) is 11.5 Å². The van der Waals surface area contributed by atoms with Crippen molar-refractivity contribution in [2.45, 2.75) is 0 Å². The Labute approximate surface area is 48.2 Å². The van der Waals surface area contributed by atoms with E-state index in [1.54, 1.807) is 0 Å². The molecule has 0 aromatic rings. The molecule has 0 heterocycles. The molecule has 0 aliphatic rings. The van der Waals surface area contributed by atoms with E-state index in [4.69, 9.17) is 5.73 Å². The van der Waals surface area contributed by atoms with Gasteiger partial charge in [0.25, 0.3) is 0 Å². The number of rotatable bonds is 2. The molecule has 47 valence electrons. The van der Waals surface area contributed by atoms with Crippen molar-refractivity contribution in [1.29, 1.82) is 0 Å². The van der Waals surface area contributed by atoms with Crippen molar-refractivity contribution in [3.63, 3.8) is 0 Å². The van der Waals surface area contributed by atoms with E-state index in [1.165, 1.54) is 0 Å². The van der Waals surface area contributed by atoms with Gasteiger partial charge in [0.2, 0.25) is 10.0 Å². The van der Waals surface area contributed by atoms with Gasteiger partial charge in [0, 0.05) is 0 Å². The predicted octanol–water partition coefficient (Wildman–Crippen LogP) is -1.09. The number of hydrogen-bond donors (Lipinski definition) is 2. The molecular weight excluding hydrogens is 128 g/mol. The van der Waals surface area contributed by atoms with E-state index in [-0.39, 0.29) is 4.91 Å². The highest BCUT2D eigenvalue weighted by molar-refractivity contribution is 7.93. The van der Waals surface area contributed by atoms with E-state index in [0.29, 0.717) is 0 Å². The maximum atomic E-state index is 10.1. The molecule has 0 aromatic carbocycles. The summed E-state index contributed by atoms with van der Waals surface area (Å²) >= 11 is 0. The van der Waals surface area contributed by atoms with Crippen LogP contribution in [0.5, 0.6) is 0 Å². The van der Waals surface area contributed by atoms with Gasteiger partial charge in [-0.25, -0.2) is 13.6 Å². The van der Waals surface area contributed by atoms with Crippen LogP contribution in [-0.2, 0) is 10.0 Å². The first-order chi connectivity index (χ1) is 3.48. The summed E-state index contributed by atoms with van der Waals surface area (Å²) < 4.78 is 20.3. The minimum atomic E-state index is -3.63. The normalized spacial score (nSPS) is 11.2. The van der Waals surface area contributed by atoms with E-state index < -0.39 is 10.0 Å². The summed E-state index contributed by atoms with van der Waals surface area (Å²) in [7, 11) is -3.63. The van der Waals surface area contributed by atoms with Crippen molar-refractivity contribution in [2.24, 2.45) is 10.9 Å². The maximum Gasteiger partial charge on any atom is 0.235 e. The van der Waals surface area contributed by atoms with Crippen molar-refractivity contribution < 1.29 is 8.42 Å². The van der Waals surface area contributed by atoms with Crippen molar-refractivity contribution in [1.82, 2.24) is 0 Å². The fourth-order valence-electron chi connectivity index (χ4n) is 0.0948. The molecule has 0 aromatic heterocycles. The molecule has 0 saturated heterocycles. The Bertz CT molecular complexity index is 181. The van der Waals surface area contributed by atoms with Crippen LogP contribution in [0.25, 0.3) is 0 Å². The molecule has 0 spiro atoms. The van der Waals surface area contributed by atoms with Crippen LogP contribution < -0.4 is 10.9 Å². The standard InChI is InChI=1S/C3H7N2O2S/c1-3(2-4)8(5,6)7/h2H,1,4H2,(H2,5,6,7). The highest BCUT2D eigenvalue weighted by atomic mass is 32.2. The fraction of sp³-hybridized carbons (Fsp3) is 0. The van der Waals surface area contributed by atoms with Crippen molar-refractivity contribution in [3.05, 3.63) is 18.0 Å². The Hall–Kier alpha value is -0.390. The molecular formula is C3H7N2O2S. The van der Waals surface area contributed by atoms with Gasteiger partial charge in [-0.05, 0) is 0 Å². The third-order valence-corrected chi connectivity index (χ3v) is 1.42. The lowest BCUT2D eigenvalue weighted by atomic mass is 10.7. The Morgan fingerprint density at radius 1 is 1.62 bits per heavy atom. The summed E-state index contributed by atoms with van der Waals surface area (Å²) in [5.41, 5.74) is 4.77. The van der Waals surface area contributed by atoms with Crippen LogP contribution in [0.3, 0.4) is 0 Å². The van der Waals surface area contributed by atoms with Gasteiger partial charge in [0.15, 0.2) is 0 Å². The van der Waals surface area contributed by atoms with E-state index in [2.05, 4.69) is 11.7 Å². The number of primary sulfonamides is 1. The van der Waals surface area contributed by atoms with Crippen LogP contribution in [0.2, 0.25) is 0 Å². The number of sulfonamides is 1. The van der Waals surface area contributed by atoms with Crippen molar-refractivity contribution in [3.8, 4) is 0 Å². The Balaban J connectivity index is 4.29. The summed E-state index contributed by atoms with van der Waals surface area (Å²) in [6.45, 7) is 3.89. The second-order valence-electron chi connectivity index (χ2n) is 1.18. The van der Waals surface area contributed by atoms with Gasteiger partial charge in [-0.1, -0.05) is 6.58 Å².